The molecule has 6 heteroatoms. The molecule has 0 bridgehead atoms. The maximum atomic E-state index is 12.1. The van der Waals surface area contributed by atoms with Crippen LogP contribution in [0.4, 0.5) is 5.82 Å². The van der Waals surface area contributed by atoms with E-state index in [0.29, 0.717) is 23.7 Å². The van der Waals surface area contributed by atoms with Gasteiger partial charge in [-0.25, -0.2) is 0 Å². The van der Waals surface area contributed by atoms with Crippen LogP contribution < -0.4 is 14.8 Å². The van der Waals surface area contributed by atoms with Gasteiger partial charge in [0, 0.05) is 18.6 Å². The number of aromatic nitrogens is 1. The Morgan fingerprint density at radius 1 is 1.32 bits per heavy atom. The van der Waals surface area contributed by atoms with Gasteiger partial charge >= 0.3 is 0 Å². The molecule has 1 aromatic carbocycles. The van der Waals surface area contributed by atoms with Crippen molar-refractivity contribution in [2.45, 2.75) is 26.2 Å². The average Bonchev–Trinajstić information content (AvgIpc) is 2.91. The minimum absolute atomic E-state index is 0.00569. The van der Waals surface area contributed by atoms with Crippen LogP contribution in [-0.4, -0.2) is 25.3 Å². The van der Waals surface area contributed by atoms with Crippen molar-refractivity contribution >= 4 is 11.7 Å². The van der Waals surface area contributed by atoms with Crippen molar-refractivity contribution in [3.05, 3.63) is 35.6 Å². The lowest BCUT2D eigenvalue weighted by Gasteiger charge is -2.16. The van der Waals surface area contributed by atoms with E-state index in [4.69, 9.17) is 14.0 Å². The molecule has 0 aliphatic heterocycles. The molecule has 1 aromatic heterocycles. The van der Waals surface area contributed by atoms with Crippen LogP contribution in [0.5, 0.6) is 11.5 Å². The molecule has 0 radical (unpaired) electrons. The van der Waals surface area contributed by atoms with E-state index >= 15 is 0 Å². The first-order valence-corrected chi connectivity index (χ1v) is 6.98. The van der Waals surface area contributed by atoms with E-state index in [0.717, 1.165) is 11.3 Å². The Hall–Kier alpha value is -2.50. The topological polar surface area (TPSA) is 73.6 Å². The van der Waals surface area contributed by atoms with Gasteiger partial charge in [-0.2, -0.15) is 0 Å². The van der Waals surface area contributed by atoms with Gasteiger partial charge in [0.25, 0.3) is 0 Å². The fourth-order valence-electron chi connectivity index (χ4n) is 2.23. The van der Waals surface area contributed by atoms with Gasteiger partial charge in [-0.1, -0.05) is 18.1 Å². The maximum absolute atomic E-state index is 12.1. The van der Waals surface area contributed by atoms with Crippen LogP contribution in [0.25, 0.3) is 0 Å². The normalized spacial score (nSPS) is 11.8. The minimum Gasteiger partial charge on any atom is -0.497 e. The monoisotopic (exact) mass is 304 g/mol. The number of carbonyl (C=O) groups is 1. The lowest BCUT2D eigenvalue weighted by atomic mass is 9.96. The summed E-state index contributed by atoms with van der Waals surface area (Å²) in [6.45, 7) is 3.74. The second-order valence-electron chi connectivity index (χ2n) is 5.08. The molecule has 1 unspecified atom stereocenters. The molecular formula is C16H20N2O4. The number of ether oxygens (including phenoxy) is 2. The van der Waals surface area contributed by atoms with E-state index in [1.807, 2.05) is 25.1 Å². The molecule has 2 aromatic rings. The summed E-state index contributed by atoms with van der Waals surface area (Å²) in [5.74, 6) is 2.37. The number of methoxy groups -OCH3 is 2. The fourth-order valence-corrected chi connectivity index (χ4v) is 2.23. The first-order chi connectivity index (χ1) is 10.5. The highest BCUT2D eigenvalue weighted by molar-refractivity contribution is 5.90. The number of rotatable bonds is 6. The number of carbonyl (C=O) groups excluding carboxylic acids is 1. The van der Waals surface area contributed by atoms with Crippen LogP contribution in [0, 0.1) is 6.92 Å². The molecule has 0 saturated carbocycles. The Morgan fingerprint density at radius 2 is 2.09 bits per heavy atom. The highest BCUT2D eigenvalue weighted by Crippen LogP contribution is 2.32. The molecule has 0 aliphatic carbocycles. The lowest BCUT2D eigenvalue weighted by Crippen LogP contribution is -2.15. The Bertz CT molecular complexity index is 651. The molecule has 22 heavy (non-hydrogen) atoms. The Morgan fingerprint density at radius 3 is 2.68 bits per heavy atom. The van der Waals surface area contributed by atoms with Crippen LogP contribution >= 0.6 is 0 Å². The summed E-state index contributed by atoms with van der Waals surface area (Å²) in [6.07, 6.45) is 0.314. The first kappa shape index (κ1) is 15.9. The van der Waals surface area contributed by atoms with E-state index in [9.17, 15) is 4.79 Å². The van der Waals surface area contributed by atoms with E-state index in [-0.39, 0.29) is 11.8 Å². The molecule has 0 aliphatic rings. The summed E-state index contributed by atoms with van der Waals surface area (Å²) in [6, 6.07) is 7.25. The van der Waals surface area contributed by atoms with Crippen molar-refractivity contribution in [3.8, 4) is 11.5 Å². The van der Waals surface area contributed by atoms with Gasteiger partial charge in [0.2, 0.25) is 5.91 Å². The number of anilines is 1. The standard InChI is InChI=1S/C16H20N2O4/c1-10(7-16(19)17-15-8-11(2)22-18-15)13-6-5-12(20-3)9-14(13)21-4/h5-6,8-10H,7H2,1-4H3,(H,17,18,19). The molecular weight excluding hydrogens is 284 g/mol. The van der Waals surface area contributed by atoms with Crippen LogP contribution in [-0.2, 0) is 4.79 Å². The number of hydrogen-bond acceptors (Lipinski definition) is 5. The van der Waals surface area contributed by atoms with Gasteiger partial charge in [0.1, 0.15) is 17.3 Å². The number of amides is 1. The molecule has 0 spiro atoms. The number of nitrogens with zero attached hydrogens (tertiary/aromatic N) is 1. The molecule has 1 amide bonds. The first-order valence-electron chi connectivity index (χ1n) is 6.98. The Balaban J connectivity index is 2.05. The molecule has 118 valence electrons. The van der Waals surface area contributed by atoms with Gasteiger partial charge in [0.05, 0.1) is 14.2 Å². The van der Waals surface area contributed by atoms with Crippen molar-refractivity contribution < 1.29 is 18.8 Å². The third-order valence-corrected chi connectivity index (χ3v) is 3.36. The zero-order valence-electron chi connectivity index (χ0n) is 13.2. The maximum Gasteiger partial charge on any atom is 0.226 e. The summed E-state index contributed by atoms with van der Waals surface area (Å²) in [5, 5.41) is 6.46. The smallest absolute Gasteiger partial charge is 0.226 e. The largest absolute Gasteiger partial charge is 0.497 e. The van der Waals surface area contributed by atoms with Crippen LogP contribution in [0.3, 0.4) is 0 Å². The van der Waals surface area contributed by atoms with E-state index in [2.05, 4.69) is 10.5 Å². The number of hydrogen-bond donors (Lipinski definition) is 1. The molecule has 2 rings (SSSR count). The molecule has 0 saturated heterocycles. The summed E-state index contributed by atoms with van der Waals surface area (Å²) < 4.78 is 15.5. The van der Waals surface area contributed by atoms with Crippen LogP contribution in [0.2, 0.25) is 0 Å². The Kier molecular flexibility index (Phi) is 5.04. The molecule has 1 N–H and O–H groups in total. The highest BCUT2D eigenvalue weighted by Gasteiger charge is 2.17. The van der Waals surface area contributed by atoms with Crippen molar-refractivity contribution in [2.24, 2.45) is 0 Å². The predicted molar refractivity (Wildman–Crippen MR) is 82.4 cm³/mol. The minimum atomic E-state index is -0.126. The Labute approximate surface area is 129 Å². The van der Waals surface area contributed by atoms with Gasteiger partial charge in [-0.3, -0.25) is 4.79 Å². The van der Waals surface area contributed by atoms with Crippen molar-refractivity contribution in [3.63, 3.8) is 0 Å². The average molecular weight is 304 g/mol. The van der Waals surface area contributed by atoms with Gasteiger partial charge < -0.3 is 19.3 Å². The number of benzene rings is 1. The molecule has 0 fully saturated rings. The van der Waals surface area contributed by atoms with Crippen molar-refractivity contribution in [2.75, 3.05) is 19.5 Å². The second kappa shape index (κ2) is 6.98. The predicted octanol–water partition coefficient (Wildman–Crippen LogP) is 3.13. The highest BCUT2D eigenvalue weighted by atomic mass is 16.5. The third kappa shape index (κ3) is 3.78. The molecule has 1 heterocycles. The summed E-state index contributed by atoms with van der Waals surface area (Å²) in [7, 11) is 3.20. The number of nitrogens with one attached hydrogen (secondary N) is 1. The molecule has 6 nitrogen and oxygen atoms in total. The van der Waals surface area contributed by atoms with E-state index in [1.54, 1.807) is 27.2 Å². The SMILES string of the molecule is COc1ccc(C(C)CC(=O)Nc2cc(C)on2)c(OC)c1. The van der Waals surface area contributed by atoms with Gasteiger partial charge in [-0.15, -0.1) is 0 Å². The summed E-state index contributed by atoms with van der Waals surface area (Å²) in [5.41, 5.74) is 0.954. The number of aryl methyl sites for hydroxylation is 1. The quantitative estimate of drug-likeness (QED) is 0.887. The zero-order valence-corrected chi connectivity index (χ0v) is 13.2. The van der Waals surface area contributed by atoms with Crippen molar-refractivity contribution in [1.29, 1.82) is 0 Å². The van der Waals surface area contributed by atoms with Crippen molar-refractivity contribution in [1.82, 2.24) is 5.16 Å². The lowest BCUT2D eigenvalue weighted by molar-refractivity contribution is -0.116. The van der Waals surface area contributed by atoms with E-state index < -0.39 is 0 Å². The van der Waals surface area contributed by atoms with Crippen LogP contribution in [0.1, 0.15) is 30.6 Å². The zero-order chi connectivity index (χ0) is 16.1. The summed E-state index contributed by atoms with van der Waals surface area (Å²) >= 11 is 0. The third-order valence-electron chi connectivity index (χ3n) is 3.36. The second-order valence-corrected chi connectivity index (χ2v) is 5.08. The van der Waals surface area contributed by atoms with Gasteiger partial charge in [-0.05, 0) is 24.5 Å². The fraction of sp³-hybridized carbons (Fsp3) is 0.375. The molecule has 1 atom stereocenters. The summed E-state index contributed by atoms with van der Waals surface area (Å²) in [4.78, 5) is 12.1. The van der Waals surface area contributed by atoms with Crippen LogP contribution in [0.15, 0.2) is 28.8 Å². The van der Waals surface area contributed by atoms with E-state index in [1.165, 1.54) is 0 Å². The van der Waals surface area contributed by atoms with Gasteiger partial charge in [0.15, 0.2) is 5.82 Å².